The molecule has 0 saturated heterocycles. The predicted molar refractivity (Wildman–Crippen MR) is 66.9 cm³/mol. The van der Waals surface area contributed by atoms with Gasteiger partial charge in [0.05, 0.1) is 0 Å². The van der Waals surface area contributed by atoms with Crippen molar-refractivity contribution >= 4 is 27.4 Å². The van der Waals surface area contributed by atoms with Gasteiger partial charge in [-0.3, -0.25) is 0 Å². The fraction of sp³-hybridized carbons (Fsp3) is 0.167. The van der Waals surface area contributed by atoms with Gasteiger partial charge in [0, 0.05) is 18.3 Å². The van der Waals surface area contributed by atoms with Gasteiger partial charge in [-0.25, -0.2) is 9.97 Å². The maximum Gasteiger partial charge on any atom is 0.137 e. The minimum Gasteiger partial charge on any atom is -0.326 e. The molecule has 16 heavy (non-hydrogen) atoms. The summed E-state index contributed by atoms with van der Waals surface area (Å²) >= 11 is 3.37. The molecule has 0 amide bonds. The molecular formula is C12H10BrN3. The van der Waals surface area contributed by atoms with Crippen molar-refractivity contribution < 1.29 is 0 Å². The Balaban J connectivity index is 2.05. The third-order valence-corrected chi connectivity index (χ3v) is 3.22. The van der Waals surface area contributed by atoms with E-state index in [1.807, 2.05) is 6.07 Å². The van der Waals surface area contributed by atoms with Crippen LogP contribution >= 0.6 is 15.9 Å². The molecule has 2 heterocycles. The van der Waals surface area contributed by atoms with Gasteiger partial charge in [-0.2, -0.15) is 0 Å². The second-order valence-electron chi connectivity index (χ2n) is 3.73. The normalized spacial score (nSPS) is 13.9. The highest BCUT2D eigenvalue weighted by atomic mass is 79.9. The third-order valence-electron chi connectivity index (χ3n) is 2.78. The van der Waals surface area contributed by atoms with Crippen LogP contribution in [-0.4, -0.2) is 16.5 Å². The first-order valence-corrected chi connectivity index (χ1v) is 5.97. The fourth-order valence-electron chi connectivity index (χ4n) is 2.05. The van der Waals surface area contributed by atoms with Gasteiger partial charge in [-0.1, -0.05) is 18.2 Å². The SMILES string of the molecule is Brc1cc(N2CCc3ccccc32)ncn1. The number of fused-ring (bicyclic) bond motifs is 1. The van der Waals surface area contributed by atoms with Crippen LogP contribution in [0.1, 0.15) is 5.56 Å². The highest BCUT2D eigenvalue weighted by molar-refractivity contribution is 9.10. The minimum absolute atomic E-state index is 0.821. The Morgan fingerprint density at radius 1 is 1.19 bits per heavy atom. The van der Waals surface area contributed by atoms with Crippen LogP contribution in [0.25, 0.3) is 0 Å². The first-order valence-electron chi connectivity index (χ1n) is 5.17. The summed E-state index contributed by atoms with van der Waals surface area (Å²) in [4.78, 5) is 10.6. The van der Waals surface area contributed by atoms with Gasteiger partial charge >= 0.3 is 0 Å². The molecule has 0 fully saturated rings. The summed E-state index contributed by atoms with van der Waals surface area (Å²) in [6, 6.07) is 10.4. The summed E-state index contributed by atoms with van der Waals surface area (Å²) in [5, 5.41) is 0. The van der Waals surface area contributed by atoms with Crippen LogP contribution < -0.4 is 4.90 Å². The second-order valence-corrected chi connectivity index (χ2v) is 4.54. The molecule has 2 aromatic rings. The molecule has 1 aromatic heterocycles. The summed E-state index contributed by atoms with van der Waals surface area (Å²) in [6.45, 7) is 0.989. The van der Waals surface area contributed by atoms with Crippen molar-refractivity contribution in [3.63, 3.8) is 0 Å². The van der Waals surface area contributed by atoms with Gasteiger partial charge in [0.15, 0.2) is 0 Å². The number of halogens is 1. The molecule has 0 spiro atoms. The Labute approximate surface area is 102 Å². The number of nitrogens with zero attached hydrogens (tertiary/aromatic N) is 3. The lowest BCUT2D eigenvalue weighted by molar-refractivity contribution is 0.960. The van der Waals surface area contributed by atoms with Crippen molar-refractivity contribution in [1.82, 2.24) is 9.97 Å². The van der Waals surface area contributed by atoms with E-state index in [0.717, 1.165) is 23.4 Å². The molecule has 0 bridgehead atoms. The lowest BCUT2D eigenvalue weighted by Gasteiger charge is -2.17. The average molecular weight is 276 g/mol. The highest BCUT2D eigenvalue weighted by Crippen LogP contribution is 2.33. The van der Waals surface area contributed by atoms with Crippen LogP contribution in [0.5, 0.6) is 0 Å². The second kappa shape index (κ2) is 3.87. The zero-order chi connectivity index (χ0) is 11.0. The van der Waals surface area contributed by atoms with E-state index in [1.165, 1.54) is 11.3 Å². The Kier molecular flexibility index (Phi) is 2.36. The number of rotatable bonds is 1. The number of hydrogen-bond acceptors (Lipinski definition) is 3. The smallest absolute Gasteiger partial charge is 0.137 e. The van der Waals surface area contributed by atoms with Crippen molar-refractivity contribution in [1.29, 1.82) is 0 Å². The lowest BCUT2D eigenvalue weighted by Crippen LogP contribution is -2.14. The first-order chi connectivity index (χ1) is 7.84. The molecule has 1 aromatic carbocycles. The topological polar surface area (TPSA) is 29.0 Å². The van der Waals surface area contributed by atoms with E-state index in [4.69, 9.17) is 0 Å². The molecule has 0 N–H and O–H groups in total. The maximum atomic E-state index is 4.31. The highest BCUT2D eigenvalue weighted by Gasteiger charge is 2.20. The van der Waals surface area contributed by atoms with Crippen molar-refractivity contribution in [3.05, 3.63) is 46.8 Å². The van der Waals surface area contributed by atoms with Gasteiger partial charge in [-0.15, -0.1) is 0 Å². The molecule has 0 aliphatic carbocycles. The minimum atomic E-state index is 0.821. The quantitative estimate of drug-likeness (QED) is 0.750. The van der Waals surface area contributed by atoms with Crippen LogP contribution in [0.4, 0.5) is 11.5 Å². The number of benzene rings is 1. The summed E-state index contributed by atoms with van der Waals surface area (Å²) in [6.07, 6.45) is 2.66. The summed E-state index contributed by atoms with van der Waals surface area (Å²) in [7, 11) is 0. The van der Waals surface area contributed by atoms with Gasteiger partial charge in [0.25, 0.3) is 0 Å². The molecule has 3 rings (SSSR count). The summed E-state index contributed by atoms with van der Waals surface area (Å²) in [5.41, 5.74) is 2.64. The molecule has 1 aliphatic rings. The Morgan fingerprint density at radius 2 is 2.06 bits per heavy atom. The summed E-state index contributed by atoms with van der Waals surface area (Å²) in [5.74, 6) is 0.951. The molecule has 0 radical (unpaired) electrons. The molecule has 0 unspecified atom stereocenters. The Hall–Kier alpha value is -1.42. The molecule has 0 saturated carbocycles. The molecule has 3 nitrogen and oxygen atoms in total. The zero-order valence-electron chi connectivity index (χ0n) is 8.60. The molecule has 1 aliphatic heterocycles. The number of para-hydroxylation sites is 1. The number of aromatic nitrogens is 2. The number of anilines is 2. The molecule has 80 valence electrons. The van der Waals surface area contributed by atoms with Gasteiger partial charge in [0.2, 0.25) is 0 Å². The van der Waals surface area contributed by atoms with Gasteiger partial charge < -0.3 is 4.90 Å². The van der Waals surface area contributed by atoms with Crippen molar-refractivity contribution in [2.45, 2.75) is 6.42 Å². The Bertz CT molecular complexity index is 527. The number of hydrogen-bond donors (Lipinski definition) is 0. The van der Waals surface area contributed by atoms with Gasteiger partial charge in [0.1, 0.15) is 16.7 Å². The first kappa shape index (κ1) is 9.78. The zero-order valence-corrected chi connectivity index (χ0v) is 10.2. The summed E-state index contributed by atoms with van der Waals surface area (Å²) < 4.78 is 0.821. The lowest BCUT2D eigenvalue weighted by atomic mass is 10.2. The standard InChI is InChI=1S/C12H10BrN3/c13-11-7-12(15-8-14-11)16-6-5-9-3-1-2-4-10(9)16/h1-4,7-8H,5-6H2. The van der Waals surface area contributed by atoms with Crippen LogP contribution in [-0.2, 0) is 6.42 Å². The van der Waals surface area contributed by atoms with E-state index in [-0.39, 0.29) is 0 Å². The van der Waals surface area contributed by atoms with E-state index in [2.05, 4.69) is 55.1 Å². The maximum absolute atomic E-state index is 4.31. The van der Waals surface area contributed by atoms with Crippen LogP contribution in [0.15, 0.2) is 41.3 Å². The van der Waals surface area contributed by atoms with Crippen molar-refractivity contribution in [2.24, 2.45) is 0 Å². The monoisotopic (exact) mass is 275 g/mol. The van der Waals surface area contributed by atoms with Gasteiger partial charge in [-0.05, 0) is 34.0 Å². The van der Waals surface area contributed by atoms with E-state index in [0.29, 0.717) is 0 Å². The Morgan fingerprint density at radius 3 is 2.94 bits per heavy atom. The van der Waals surface area contributed by atoms with Crippen molar-refractivity contribution in [3.8, 4) is 0 Å². The molecular weight excluding hydrogens is 266 g/mol. The van der Waals surface area contributed by atoms with Crippen LogP contribution in [0, 0.1) is 0 Å². The van der Waals surface area contributed by atoms with Crippen LogP contribution in [0.3, 0.4) is 0 Å². The van der Waals surface area contributed by atoms with E-state index in [9.17, 15) is 0 Å². The predicted octanol–water partition coefficient (Wildman–Crippen LogP) is 2.93. The average Bonchev–Trinajstić information content (AvgIpc) is 2.72. The molecule has 4 heteroatoms. The van der Waals surface area contributed by atoms with Crippen molar-refractivity contribution in [2.75, 3.05) is 11.4 Å². The molecule has 0 atom stereocenters. The van der Waals surface area contributed by atoms with Crippen LogP contribution in [0.2, 0.25) is 0 Å². The van der Waals surface area contributed by atoms with E-state index < -0.39 is 0 Å². The third kappa shape index (κ3) is 1.59. The fourth-order valence-corrected chi connectivity index (χ4v) is 2.34. The van der Waals surface area contributed by atoms with E-state index in [1.54, 1.807) is 6.33 Å². The largest absolute Gasteiger partial charge is 0.326 e. The van der Waals surface area contributed by atoms with E-state index >= 15 is 0 Å².